The Kier molecular flexibility index (Phi) is 3.31. The minimum absolute atomic E-state index is 0.626. The Labute approximate surface area is 93.9 Å². The van der Waals surface area contributed by atoms with Gasteiger partial charge in [-0.15, -0.1) is 0 Å². The van der Waals surface area contributed by atoms with Crippen LogP contribution in [0.5, 0.6) is 0 Å². The number of nitrogens with zero attached hydrogens (tertiary/aromatic N) is 4. The number of fused-ring (bicyclic) bond motifs is 1. The predicted molar refractivity (Wildman–Crippen MR) is 62.3 cm³/mol. The van der Waals surface area contributed by atoms with E-state index in [1.165, 1.54) is 6.33 Å². The van der Waals surface area contributed by atoms with Crippen LogP contribution in [-0.4, -0.2) is 32.7 Å². The molecule has 86 valence electrons. The van der Waals surface area contributed by atoms with Crippen LogP contribution < -0.4 is 11.1 Å². The van der Waals surface area contributed by atoms with Crippen LogP contribution in [0, 0.1) is 6.92 Å². The van der Waals surface area contributed by atoms with Crippen molar-refractivity contribution in [2.75, 3.05) is 18.4 Å². The van der Waals surface area contributed by atoms with Crippen molar-refractivity contribution in [2.24, 2.45) is 5.73 Å². The van der Waals surface area contributed by atoms with Gasteiger partial charge in [-0.25, -0.2) is 4.98 Å². The van der Waals surface area contributed by atoms with Crippen molar-refractivity contribution < 1.29 is 0 Å². The highest BCUT2D eigenvalue weighted by atomic mass is 15.3. The van der Waals surface area contributed by atoms with Crippen molar-refractivity contribution >= 4 is 11.6 Å². The van der Waals surface area contributed by atoms with Gasteiger partial charge in [0.25, 0.3) is 5.78 Å². The van der Waals surface area contributed by atoms with E-state index in [0.717, 1.165) is 37.4 Å². The van der Waals surface area contributed by atoms with Crippen molar-refractivity contribution in [2.45, 2.75) is 19.8 Å². The van der Waals surface area contributed by atoms with Crippen LogP contribution in [0.15, 0.2) is 12.4 Å². The molecule has 0 spiro atoms. The fraction of sp³-hybridized carbons (Fsp3) is 0.500. The first kappa shape index (κ1) is 10.8. The van der Waals surface area contributed by atoms with Crippen LogP contribution in [0.2, 0.25) is 0 Å². The van der Waals surface area contributed by atoms with Gasteiger partial charge in [0.2, 0.25) is 0 Å². The summed E-state index contributed by atoms with van der Waals surface area (Å²) in [5.41, 5.74) is 6.37. The summed E-state index contributed by atoms with van der Waals surface area (Å²) in [5.74, 6) is 1.55. The third-order valence-corrected chi connectivity index (χ3v) is 2.32. The maximum Gasteiger partial charge on any atom is 0.254 e. The molecule has 0 fully saturated rings. The molecular formula is C10H16N6. The number of unbranched alkanes of at least 4 members (excludes halogenated alkanes) is 1. The average Bonchev–Trinajstić information content (AvgIpc) is 2.72. The van der Waals surface area contributed by atoms with Crippen molar-refractivity contribution in [1.29, 1.82) is 0 Å². The molecule has 0 aliphatic rings. The second kappa shape index (κ2) is 4.89. The first-order valence-electron chi connectivity index (χ1n) is 5.42. The number of nitrogens with one attached hydrogen (secondary N) is 1. The number of hydrogen-bond donors (Lipinski definition) is 2. The largest absolute Gasteiger partial charge is 0.370 e. The second-order valence-corrected chi connectivity index (χ2v) is 3.68. The lowest BCUT2D eigenvalue weighted by Gasteiger charge is -2.07. The molecule has 0 saturated carbocycles. The SMILES string of the molecule is Cc1cc(NCCCCN)n2ncnc2n1. The minimum Gasteiger partial charge on any atom is -0.370 e. The van der Waals surface area contributed by atoms with Crippen molar-refractivity contribution in [3.8, 4) is 0 Å². The van der Waals surface area contributed by atoms with Gasteiger partial charge in [0, 0.05) is 18.3 Å². The smallest absolute Gasteiger partial charge is 0.254 e. The lowest BCUT2D eigenvalue weighted by Crippen LogP contribution is -2.09. The Morgan fingerprint density at radius 1 is 1.44 bits per heavy atom. The molecule has 2 heterocycles. The highest BCUT2D eigenvalue weighted by Crippen LogP contribution is 2.09. The maximum atomic E-state index is 5.44. The van der Waals surface area contributed by atoms with Gasteiger partial charge in [-0.2, -0.15) is 14.6 Å². The molecule has 2 aromatic heterocycles. The van der Waals surface area contributed by atoms with Crippen LogP contribution in [0.4, 0.5) is 5.82 Å². The molecule has 0 amide bonds. The predicted octanol–water partition coefficient (Wildman–Crippen LogP) is 0.584. The molecule has 0 aliphatic heterocycles. The van der Waals surface area contributed by atoms with E-state index < -0.39 is 0 Å². The highest BCUT2D eigenvalue weighted by molar-refractivity contribution is 5.44. The zero-order valence-corrected chi connectivity index (χ0v) is 9.35. The van der Waals surface area contributed by atoms with Gasteiger partial charge in [0.05, 0.1) is 0 Å². The summed E-state index contributed by atoms with van der Waals surface area (Å²) in [6.07, 6.45) is 3.58. The Hall–Kier alpha value is -1.69. The molecular weight excluding hydrogens is 204 g/mol. The van der Waals surface area contributed by atoms with Gasteiger partial charge in [0.15, 0.2) is 0 Å². The number of rotatable bonds is 5. The number of nitrogens with two attached hydrogens (primary N) is 1. The topological polar surface area (TPSA) is 81.1 Å². The Morgan fingerprint density at radius 2 is 2.31 bits per heavy atom. The monoisotopic (exact) mass is 220 g/mol. The molecule has 3 N–H and O–H groups in total. The molecule has 6 heteroatoms. The van der Waals surface area contributed by atoms with Crippen molar-refractivity contribution in [3.63, 3.8) is 0 Å². The van der Waals surface area contributed by atoms with Crippen LogP contribution in [0.25, 0.3) is 5.78 Å². The van der Waals surface area contributed by atoms with E-state index in [1.807, 2.05) is 13.0 Å². The van der Waals surface area contributed by atoms with E-state index in [9.17, 15) is 0 Å². The Balaban J connectivity index is 2.12. The standard InChI is InChI=1S/C10H16N6/c1-8-6-9(12-5-3-2-4-11)16-10(15-8)13-7-14-16/h6-7,12H,2-5,11H2,1H3. The van der Waals surface area contributed by atoms with E-state index >= 15 is 0 Å². The van der Waals surface area contributed by atoms with Gasteiger partial charge in [-0.3, -0.25) is 0 Å². The lowest BCUT2D eigenvalue weighted by atomic mass is 10.3. The first-order valence-corrected chi connectivity index (χ1v) is 5.42. The second-order valence-electron chi connectivity index (χ2n) is 3.68. The molecule has 0 radical (unpaired) electrons. The molecule has 6 nitrogen and oxygen atoms in total. The zero-order chi connectivity index (χ0) is 11.4. The summed E-state index contributed by atoms with van der Waals surface area (Å²) in [6.45, 7) is 3.56. The van der Waals surface area contributed by atoms with Gasteiger partial charge in [-0.1, -0.05) is 0 Å². The van der Waals surface area contributed by atoms with E-state index in [1.54, 1.807) is 4.52 Å². The molecule has 16 heavy (non-hydrogen) atoms. The zero-order valence-electron chi connectivity index (χ0n) is 9.35. The number of anilines is 1. The fourth-order valence-corrected chi connectivity index (χ4v) is 1.54. The molecule has 0 aliphatic carbocycles. The molecule has 0 atom stereocenters. The molecule has 0 unspecified atom stereocenters. The summed E-state index contributed by atoms with van der Waals surface area (Å²) in [6, 6.07) is 1.96. The quantitative estimate of drug-likeness (QED) is 0.720. The van der Waals surface area contributed by atoms with Crippen molar-refractivity contribution in [1.82, 2.24) is 19.6 Å². The van der Waals surface area contributed by atoms with E-state index in [2.05, 4.69) is 20.4 Å². The van der Waals surface area contributed by atoms with E-state index in [4.69, 9.17) is 5.73 Å². The molecule has 0 aromatic carbocycles. The van der Waals surface area contributed by atoms with Crippen LogP contribution >= 0.6 is 0 Å². The van der Waals surface area contributed by atoms with Gasteiger partial charge in [-0.05, 0) is 26.3 Å². The fourth-order valence-electron chi connectivity index (χ4n) is 1.54. The molecule has 0 saturated heterocycles. The van der Waals surface area contributed by atoms with Crippen LogP contribution in [0.3, 0.4) is 0 Å². The van der Waals surface area contributed by atoms with E-state index in [0.29, 0.717) is 5.78 Å². The number of aryl methyl sites for hydroxylation is 1. The number of aromatic nitrogens is 4. The van der Waals surface area contributed by atoms with Crippen LogP contribution in [-0.2, 0) is 0 Å². The third kappa shape index (κ3) is 2.27. The molecule has 2 aromatic rings. The first-order chi connectivity index (χ1) is 7.81. The van der Waals surface area contributed by atoms with Gasteiger partial charge < -0.3 is 11.1 Å². The third-order valence-electron chi connectivity index (χ3n) is 2.32. The summed E-state index contributed by atoms with van der Waals surface area (Å²) in [7, 11) is 0. The number of hydrogen-bond acceptors (Lipinski definition) is 5. The minimum atomic E-state index is 0.626. The summed E-state index contributed by atoms with van der Waals surface area (Å²) in [4.78, 5) is 8.34. The van der Waals surface area contributed by atoms with Gasteiger partial charge >= 0.3 is 0 Å². The lowest BCUT2D eigenvalue weighted by molar-refractivity contribution is 0.767. The molecule has 2 rings (SSSR count). The maximum absolute atomic E-state index is 5.44. The van der Waals surface area contributed by atoms with Crippen molar-refractivity contribution in [3.05, 3.63) is 18.1 Å². The summed E-state index contributed by atoms with van der Waals surface area (Å²) in [5, 5.41) is 7.43. The Morgan fingerprint density at radius 3 is 3.12 bits per heavy atom. The molecule has 0 bridgehead atoms. The van der Waals surface area contributed by atoms with Gasteiger partial charge in [0.1, 0.15) is 12.1 Å². The van der Waals surface area contributed by atoms with Crippen LogP contribution in [0.1, 0.15) is 18.5 Å². The normalized spacial score (nSPS) is 10.9. The highest BCUT2D eigenvalue weighted by Gasteiger charge is 2.04. The Bertz CT molecular complexity index is 463. The summed E-state index contributed by atoms with van der Waals surface area (Å²) >= 11 is 0. The summed E-state index contributed by atoms with van der Waals surface area (Å²) < 4.78 is 1.70. The van der Waals surface area contributed by atoms with E-state index in [-0.39, 0.29) is 0 Å². The average molecular weight is 220 g/mol.